The van der Waals surface area contributed by atoms with E-state index in [0.717, 1.165) is 25.0 Å². The number of carboxylic acids is 1. The van der Waals surface area contributed by atoms with E-state index < -0.39 is 5.97 Å². The first kappa shape index (κ1) is 24.1. The molecule has 1 aliphatic carbocycles. The van der Waals surface area contributed by atoms with Crippen LogP contribution in [0.2, 0.25) is 0 Å². The second-order valence-corrected chi connectivity index (χ2v) is 8.99. The Hall–Kier alpha value is -4.65. The van der Waals surface area contributed by atoms with Gasteiger partial charge < -0.3 is 20.5 Å². The number of nitrogens with one attached hydrogen (secondary N) is 2. The van der Waals surface area contributed by atoms with Crippen LogP contribution in [0.25, 0.3) is 11.1 Å². The average molecular weight is 494 g/mol. The van der Waals surface area contributed by atoms with E-state index in [0.29, 0.717) is 40.8 Å². The Labute approximate surface area is 215 Å². The van der Waals surface area contributed by atoms with Gasteiger partial charge in [-0.2, -0.15) is 0 Å². The summed E-state index contributed by atoms with van der Waals surface area (Å²) in [6, 6.07) is 26.3. The molecular formula is C30H27N3O4. The van der Waals surface area contributed by atoms with Crippen LogP contribution in [0.4, 0.5) is 11.5 Å². The first-order valence-corrected chi connectivity index (χ1v) is 12.2. The third kappa shape index (κ3) is 6.32. The van der Waals surface area contributed by atoms with Gasteiger partial charge in [0.15, 0.2) is 0 Å². The van der Waals surface area contributed by atoms with Crippen molar-refractivity contribution in [2.45, 2.75) is 25.3 Å². The van der Waals surface area contributed by atoms with Crippen molar-refractivity contribution in [1.82, 2.24) is 4.98 Å². The predicted octanol–water partition coefficient (Wildman–Crippen LogP) is 5.89. The first-order chi connectivity index (χ1) is 18.0. The minimum Gasteiger partial charge on any atom is -0.493 e. The van der Waals surface area contributed by atoms with Crippen LogP contribution in [-0.2, 0) is 6.42 Å². The average Bonchev–Trinajstić information content (AvgIpc) is 3.74. The SMILES string of the molecule is O=C(Nc1ccc(OCCc2ccccc2)cc1)c1cccc(-c2cnc(NC3CC3)c(C(=O)O)c2)c1. The number of rotatable bonds is 10. The Morgan fingerprint density at radius 2 is 1.70 bits per heavy atom. The van der Waals surface area contributed by atoms with Crippen LogP contribution in [0.3, 0.4) is 0 Å². The number of pyridine rings is 1. The Morgan fingerprint density at radius 1 is 0.919 bits per heavy atom. The molecule has 0 bridgehead atoms. The zero-order chi connectivity index (χ0) is 25.6. The minimum absolute atomic E-state index is 0.116. The third-order valence-corrected chi connectivity index (χ3v) is 6.11. The second-order valence-electron chi connectivity index (χ2n) is 8.99. The molecule has 1 saturated carbocycles. The number of carbonyl (C=O) groups is 2. The molecule has 5 rings (SSSR count). The van der Waals surface area contributed by atoms with Crippen molar-refractivity contribution in [2.24, 2.45) is 0 Å². The topological polar surface area (TPSA) is 101 Å². The van der Waals surface area contributed by atoms with Crippen LogP contribution < -0.4 is 15.4 Å². The molecule has 37 heavy (non-hydrogen) atoms. The normalized spacial score (nSPS) is 12.5. The zero-order valence-electron chi connectivity index (χ0n) is 20.2. The lowest BCUT2D eigenvalue weighted by atomic mass is 10.0. The molecule has 3 aromatic carbocycles. The number of benzene rings is 3. The van der Waals surface area contributed by atoms with E-state index in [-0.39, 0.29) is 11.5 Å². The fourth-order valence-electron chi connectivity index (χ4n) is 3.93. The molecule has 7 heteroatoms. The van der Waals surface area contributed by atoms with Gasteiger partial charge in [-0.3, -0.25) is 4.79 Å². The number of hydrogen-bond acceptors (Lipinski definition) is 5. The van der Waals surface area contributed by atoms with E-state index in [9.17, 15) is 14.7 Å². The number of ether oxygens (including phenoxy) is 1. The molecule has 0 aliphatic heterocycles. The highest BCUT2D eigenvalue weighted by atomic mass is 16.5. The van der Waals surface area contributed by atoms with Gasteiger partial charge in [0, 0.05) is 35.5 Å². The number of anilines is 2. The Balaban J connectivity index is 1.22. The molecule has 186 valence electrons. The maximum atomic E-state index is 12.9. The lowest BCUT2D eigenvalue weighted by molar-refractivity contribution is 0.0697. The number of hydrogen-bond donors (Lipinski definition) is 3. The summed E-state index contributed by atoms with van der Waals surface area (Å²) in [5, 5.41) is 15.7. The molecule has 0 unspecified atom stereocenters. The molecule has 1 amide bonds. The fourth-order valence-corrected chi connectivity index (χ4v) is 3.93. The van der Waals surface area contributed by atoms with Crippen molar-refractivity contribution in [3.05, 3.63) is 108 Å². The van der Waals surface area contributed by atoms with Gasteiger partial charge in [-0.1, -0.05) is 42.5 Å². The standard InChI is InChI=1S/C30H27N3O4/c34-29(33-25-11-13-26(14-12-25)37-16-15-20-5-2-1-3-6-20)22-8-4-7-21(17-22)23-18-27(30(35)36)28(31-19-23)32-24-9-10-24/h1-8,11-14,17-19,24H,9-10,15-16H2,(H,31,32)(H,33,34)(H,35,36). The molecule has 7 nitrogen and oxygen atoms in total. The molecule has 1 fully saturated rings. The number of carbonyl (C=O) groups excluding carboxylic acids is 1. The Morgan fingerprint density at radius 3 is 2.43 bits per heavy atom. The third-order valence-electron chi connectivity index (χ3n) is 6.11. The summed E-state index contributed by atoms with van der Waals surface area (Å²) >= 11 is 0. The molecule has 0 atom stereocenters. The van der Waals surface area contributed by atoms with Crippen molar-refractivity contribution in [2.75, 3.05) is 17.2 Å². The quantitative estimate of drug-likeness (QED) is 0.255. The van der Waals surface area contributed by atoms with Gasteiger partial charge in [-0.15, -0.1) is 0 Å². The second kappa shape index (κ2) is 11.0. The smallest absolute Gasteiger partial charge is 0.339 e. The van der Waals surface area contributed by atoms with E-state index in [2.05, 4.69) is 27.8 Å². The molecule has 4 aromatic rings. The molecule has 1 aromatic heterocycles. The number of aromatic carboxylic acids is 1. The van der Waals surface area contributed by atoms with E-state index in [1.165, 1.54) is 5.56 Å². The molecule has 1 aliphatic rings. The summed E-state index contributed by atoms with van der Waals surface area (Å²) in [6.07, 6.45) is 4.48. The van der Waals surface area contributed by atoms with Crippen molar-refractivity contribution in [3.63, 3.8) is 0 Å². The Kier molecular flexibility index (Phi) is 7.12. The first-order valence-electron chi connectivity index (χ1n) is 12.2. The predicted molar refractivity (Wildman–Crippen MR) is 143 cm³/mol. The molecular weight excluding hydrogens is 466 g/mol. The number of aromatic nitrogens is 1. The van der Waals surface area contributed by atoms with E-state index in [1.54, 1.807) is 42.6 Å². The molecule has 0 radical (unpaired) electrons. The zero-order valence-corrected chi connectivity index (χ0v) is 20.2. The van der Waals surface area contributed by atoms with Crippen LogP contribution >= 0.6 is 0 Å². The lowest BCUT2D eigenvalue weighted by Gasteiger charge is -2.11. The summed E-state index contributed by atoms with van der Waals surface area (Å²) < 4.78 is 5.81. The number of carboxylic acid groups (broad SMARTS) is 1. The maximum absolute atomic E-state index is 12.9. The van der Waals surface area contributed by atoms with Crippen LogP contribution in [0.5, 0.6) is 5.75 Å². The Bertz CT molecular complexity index is 1400. The largest absolute Gasteiger partial charge is 0.493 e. The van der Waals surface area contributed by atoms with Crippen LogP contribution in [0.15, 0.2) is 91.1 Å². The summed E-state index contributed by atoms with van der Waals surface area (Å²) in [5.41, 5.74) is 3.78. The summed E-state index contributed by atoms with van der Waals surface area (Å²) in [6.45, 7) is 0.568. The molecule has 3 N–H and O–H groups in total. The van der Waals surface area contributed by atoms with E-state index >= 15 is 0 Å². The van der Waals surface area contributed by atoms with Gasteiger partial charge >= 0.3 is 5.97 Å². The van der Waals surface area contributed by atoms with Crippen LogP contribution in [-0.4, -0.2) is 34.6 Å². The fraction of sp³-hybridized carbons (Fsp3) is 0.167. The van der Waals surface area contributed by atoms with Crippen molar-refractivity contribution in [3.8, 4) is 16.9 Å². The molecule has 0 saturated heterocycles. The van der Waals surface area contributed by atoms with E-state index in [1.807, 2.05) is 36.4 Å². The van der Waals surface area contributed by atoms with Gasteiger partial charge in [0.1, 0.15) is 17.1 Å². The van der Waals surface area contributed by atoms with Gasteiger partial charge in [-0.25, -0.2) is 9.78 Å². The maximum Gasteiger partial charge on any atom is 0.339 e. The lowest BCUT2D eigenvalue weighted by Crippen LogP contribution is -2.12. The monoisotopic (exact) mass is 493 g/mol. The summed E-state index contributed by atoms with van der Waals surface area (Å²) in [7, 11) is 0. The molecule has 1 heterocycles. The van der Waals surface area contributed by atoms with Crippen LogP contribution in [0, 0.1) is 0 Å². The number of nitrogens with zero attached hydrogens (tertiary/aromatic N) is 1. The van der Waals surface area contributed by atoms with Crippen molar-refractivity contribution >= 4 is 23.4 Å². The van der Waals surface area contributed by atoms with Crippen molar-refractivity contribution < 1.29 is 19.4 Å². The summed E-state index contributed by atoms with van der Waals surface area (Å²) in [5.74, 6) is -0.200. The van der Waals surface area contributed by atoms with Gasteiger partial charge in [0.05, 0.1) is 6.61 Å². The van der Waals surface area contributed by atoms with Crippen LogP contribution in [0.1, 0.15) is 39.1 Å². The van der Waals surface area contributed by atoms with Gasteiger partial charge in [0.25, 0.3) is 5.91 Å². The van der Waals surface area contributed by atoms with Gasteiger partial charge in [0.2, 0.25) is 0 Å². The highest BCUT2D eigenvalue weighted by molar-refractivity contribution is 6.05. The van der Waals surface area contributed by atoms with Gasteiger partial charge in [-0.05, 0) is 66.4 Å². The minimum atomic E-state index is -1.04. The highest BCUT2D eigenvalue weighted by Gasteiger charge is 2.24. The molecule has 0 spiro atoms. The number of amides is 1. The highest BCUT2D eigenvalue weighted by Crippen LogP contribution is 2.29. The van der Waals surface area contributed by atoms with E-state index in [4.69, 9.17) is 4.74 Å². The summed E-state index contributed by atoms with van der Waals surface area (Å²) in [4.78, 5) is 29.0. The van der Waals surface area contributed by atoms with Crippen molar-refractivity contribution in [1.29, 1.82) is 0 Å².